The molecule has 35 heavy (non-hydrogen) atoms. The van der Waals surface area contributed by atoms with E-state index in [1.165, 1.54) is 7.11 Å². The van der Waals surface area contributed by atoms with Gasteiger partial charge in [-0.15, -0.1) is 0 Å². The average Bonchev–Trinajstić information content (AvgIpc) is 2.86. The van der Waals surface area contributed by atoms with Gasteiger partial charge in [0, 0.05) is 34.1 Å². The first-order valence-electron chi connectivity index (χ1n) is 12.1. The molecule has 4 nitrogen and oxygen atoms in total. The van der Waals surface area contributed by atoms with Crippen LogP contribution in [0.3, 0.4) is 0 Å². The van der Waals surface area contributed by atoms with E-state index in [0.29, 0.717) is 35.1 Å². The Morgan fingerprint density at radius 2 is 1.26 bits per heavy atom. The van der Waals surface area contributed by atoms with Crippen LogP contribution in [-0.2, 0) is 20.4 Å². The van der Waals surface area contributed by atoms with E-state index in [1.807, 2.05) is 42.5 Å². The van der Waals surface area contributed by atoms with Gasteiger partial charge in [0.2, 0.25) is 0 Å². The highest BCUT2D eigenvalue weighted by atomic mass is 16.5. The summed E-state index contributed by atoms with van der Waals surface area (Å²) in [6.07, 6.45) is 1.81. The predicted molar refractivity (Wildman–Crippen MR) is 137 cm³/mol. The molecule has 4 rings (SSSR count). The molecule has 1 aliphatic rings. The zero-order valence-corrected chi connectivity index (χ0v) is 21.1. The Balaban J connectivity index is 1.66. The summed E-state index contributed by atoms with van der Waals surface area (Å²) < 4.78 is 4.74. The molecule has 0 aromatic heterocycles. The molecule has 0 radical (unpaired) electrons. The largest absolute Gasteiger partial charge is 0.469 e. The lowest BCUT2D eigenvalue weighted by molar-refractivity contribution is -0.140. The molecule has 0 bridgehead atoms. The van der Waals surface area contributed by atoms with Crippen LogP contribution in [-0.4, -0.2) is 24.6 Å². The van der Waals surface area contributed by atoms with E-state index in [-0.39, 0.29) is 28.4 Å². The zero-order chi connectivity index (χ0) is 25.4. The highest BCUT2D eigenvalue weighted by Crippen LogP contribution is 2.37. The molecule has 0 unspecified atom stereocenters. The van der Waals surface area contributed by atoms with Crippen LogP contribution in [0.1, 0.15) is 95.5 Å². The zero-order valence-electron chi connectivity index (χ0n) is 21.1. The fraction of sp³-hybridized carbons (Fsp3) is 0.323. The van der Waals surface area contributed by atoms with Crippen LogP contribution in [0, 0.1) is 0 Å². The summed E-state index contributed by atoms with van der Waals surface area (Å²) in [7, 11) is 1.39. The summed E-state index contributed by atoms with van der Waals surface area (Å²) in [6.45, 7) is 8.43. The summed E-state index contributed by atoms with van der Waals surface area (Å²) in [5, 5.41) is 0. The summed E-state index contributed by atoms with van der Waals surface area (Å²) in [5.74, 6) is -0.459. The molecule has 0 atom stereocenters. The van der Waals surface area contributed by atoms with E-state index in [4.69, 9.17) is 4.74 Å². The van der Waals surface area contributed by atoms with Gasteiger partial charge in [-0.3, -0.25) is 14.4 Å². The first-order chi connectivity index (χ1) is 16.6. The number of carbonyl (C=O) groups is 3. The van der Waals surface area contributed by atoms with E-state index in [1.54, 1.807) is 12.1 Å². The lowest BCUT2D eigenvalue weighted by Gasteiger charge is -2.29. The van der Waals surface area contributed by atoms with Crippen LogP contribution >= 0.6 is 0 Å². The summed E-state index contributed by atoms with van der Waals surface area (Å²) in [6, 6.07) is 21.4. The van der Waals surface area contributed by atoms with Gasteiger partial charge in [-0.05, 0) is 59.2 Å². The second kappa shape index (κ2) is 9.26. The third kappa shape index (κ3) is 4.58. The van der Waals surface area contributed by atoms with Crippen LogP contribution in [0.4, 0.5) is 0 Å². The molecule has 4 heteroatoms. The highest BCUT2D eigenvalue weighted by molar-refractivity contribution is 6.28. The maximum absolute atomic E-state index is 13.5. The number of esters is 1. The summed E-state index contributed by atoms with van der Waals surface area (Å²) in [4.78, 5) is 38.5. The molecule has 1 aliphatic carbocycles. The number of fused-ring (bicyclic) bond motifs is 2. The minimum atomic E-state index is -0.308. The Morgan fingerprint density at radius 3 is 1.83 bits per heavy atom. The van der Waals surface area contributed by atoms with Crippen molar-refractivity contribution in [3.63, 3.8) is 0 Å². The van der Waals surface area contributed by atoms with Crippen molar-refractivity contribution in [3.8, 4) is 0 Å². The normalized spacial score (nSPS) is 13.3. The number of hydrogen-bond donors (Lipinski definition) is 0. The second-order valence-electron chi connectivity index (χ2n) is 10.5. The molecule has 180 valence electrons. The molecule has 0 saturated heterocycles. The predicted octanol–water partition coefficient (Wildman–Crippen LogP) is 6.41. The van der Waals surface area contributed by atoms with Crippen molar-refractivity contribution in [1.29, 1.82) is 0 Å². The Kier molecular flexibility index (Phi) is 6.50. The third-order valence-corrected chi connectivity index (χ3v) is 7.43. The summed E-state index contributed by atoms with van der Waals surface area (Å²) >= 11 is 0. The molecular formula is C31H32O4. The van der Waals surface area contributed by atoms with Gasteiger partial charge in [0.15, 0.2) is 11.6 Å². The molecule has 0 fully saturated rings. The van der Waals surface area contributed by atoms with Crippen LogP contribution in [0.2, 0.25) is 0 Å². The van der Waals surface area contributed by atoms with E-state index < -0.39 is 0 Å². The van der Waals surface area contributed by atoms with Gasteiger partial charge in [-0.1, -0.05) is 70.2 Å². The fourth-order valence-corrected chi connectivity index (χ4v) is 4.90. The molecule has 3 aromatic carbocycles. The Labute approximate surface area is 207 Å². The number of ether oxygens (including phenoxy) is 1. The quantitative estimate of drug-likeness (QED) is 0.294. The molecular weight excluding hydrogens is 436 g/mol. The van der Waals surface area contributed by atoms with Gasteiger partial charge in [-0.25, -0.2) is 0 Å². The van der Waals surface area contributed by atoms with Crippen LogP contribution in [0.25, 0.3) is 0 Å². The van der Waals surface area contributed by atoms with Crippen LogP contribution in [0.5, 0.6) is 0 Å². The van der Waals surface area contributed by atoms with Crippen molar-refractivity contribution in [2.75, 3.05) is 7.11 Å². The van der Waals surface area contributed by atoms with Crippen molar-refractivity contribution in [2.24, 2.45) is 0 Å². The first kappa shape index (κ1) is 24.6. The minimum Gasteiger partial charge on any atom is -0.469 e. The number of hydrogen-bond acceptors (Lipinski definition) is 4. The maximum atomic E-state index is 13.5. The summed E-state index contributed by atoms with van der Waals surface area (Å²) in [5.41, 5.74) is 4.39. The number of carbonyl (C=O) groups excluding carboxylic acids is 3. The molecule has 0 aliphatic heterocycles. The highest BCUT2D eigenvalue weighted by Gasteiger charge is 2.33. The van der Waals surface area contributed by atoms with Gasteiger partial charge in [0.25, 0.3) is 0 Å². The number of rotatable bonds is 7. The third-order valence-electron chi connectivity index (χ3n) is 7.43. The Morgan fingerprint density at radius 1 is 0.714 bits per heavy atom. The van der Waals surface area contributed by atoms with Crippen molar-refractivity contribution in [3.05, 3.63) is 106 Å². The monoisotopic (exact) mass is 468 g/mol. The fourth-order valence-electron chi connectivity index (χ4n) is 4.90. The molecule has 0 saturated carbocycles. The molecule has 0 heterocycles. The topological polar surface area (TPSA) is 60.4 Å². The number of methoxy groups -OCH3 is 1. The lowest BCUT2D eigenvalue weighted by Crippen LogP contribution is -2.25. The number of ketones is 2. The van der Waals surface area contributed by atoms with Gasteiger partial charge in [-0.2, -0.15) is 0 Å². The lowest BCUT2D eigenvalue weighted by atomic mass is 9.74. The SMILES string of the molecule is COC(=O)CCCC(C)(C)c1ccc2c(c1)C(=O)c1ccc(C(C)(C)c3ccccc3)cc1C2=O. The van der Waals surface area contributed by atoms with Crippen molar-refractivity contribution >= 4 is 17.5 Å². The maximum Gasteiger partial charge on any atom is 0.305 e. The number of benzene rings is 3. The molecule has 3 aromatic rings. The standard InChI is InChI=1S/C31H32O4/c1-30(2,17-9-12-27(32)35-5)21-13-15-23-25(18-21)28(33)24-16-14-22(19-26(24)29(23)34)31(3,4)20-10-7-6-8-11-20/h6-8,10-11,13-16,18-19H,9,12,17H2,1-5H3. The van der Waals surface area contributed by atoms with E-state index in [9.17, 15) is 14.4 Å². The van der Waals surface area contributed by atoms with E-state index >= 15 is 0 Å². The Hall–Kier alpha value is -3.53. The van der Waals surface area contributed by atoms with Crippen molar-refractivity contribution in [1.82, 2.24) is 0 Å². The molecule has 0 amide bonds. The van der Waals surface area contributed by atoms with Gasteiger partial charge < -0.3 is 4.74 Å². The molecule has 0 spiro atoms. The second-order valence-corrected chi connectivity index (χ2v) is 10.5. The van der Waals surface area contributed by atoms with Gasteiger partial charge >= 0.3 is 5.97 Å². The first-order valence-corrected chi connectivity index (χ1v) is 12.1. The van der Waals surface area contributed by atoms with Crippen molar-refractivity contribution < 1.29 is 19.1 Å². The van der Waals surface area contributed by atoms with Gasteiger partial charge in [0.1, 0.15) is 0 Å². The smallest absolute Gasteiger partial charge is 0.305 e. The van der Waals surface area contributed by atoms with Crippen molar-refractivity contribution in [2.45, 2.75) is 57.8 Å². The van der Waals surface area contributed by atoms with Gasteiger partial charge in [0.05, 0.1) is 7.11 Å². The van der Waals surface area contributed by atoms with Crippen LogP contribution < -0.4 is 0 Å². The Bertz CT molecular complexity index is 1300. The van der Waals surface area contributed by atoms with Crippen LogP contribution in [0.15, 0.2) is 66.7 Å². The van der Waals surface area contributed by atoms with E-state index in [0.717, 1.165) is 23.1 Å². The minimum absolute atomic E-state index is 0.115. The average molecular weight is 469 g/mol. The molecule has 0 N–H and O–H groups in total. The van der Waals surface area contributed by atoms with E-state index in [2.05, 4.69) is 39.8 Å².